The highest BCUT2D eigenvalue weighted by Crippen LogP contribution is 2.11. The van der Waals surface area contributed by atoms with Crippen LogP contribution in [0.5, 0.6) is 0 Å². The predicted octanol–water partition coefficient (Wildman–Crippen LogP) is 0.873. The van der Waals surface area contributed by atoms with Gasteiger partial charge in [0.1, 0.15) is 0 Å². The maximum Gasteiger partial charge on any atom is 0.0622 e. The number of hydrogen-bond donors (Lipinski definition) is 1. The van der Waals surface area contributed by atoms with Gasteiger partial charge in [-0.1, -0.05) is 13.5 Å². The number of rotatable bonds is 5. The smallest absolute Gasteiger partial charge is 0.0622 e. The van der Waals surface area contributed by atoms with Gasteiger partial charge in [-0.15, -0.1) is 0 Å². The monoisotopic (exact) mass is 198 g/mol. The van der Waals surface area contributed by atoms with Crippen molar-refractivity contribution >= 4 is 0 Å². The molecule has 3 nitrogen and oxygen atoms in total. The molecule has 0 radical (unpaired) electrons. The van der Waals surface area contributed by atoms with E-state index < -0.39 is 0 Å². The first kappa shape index (κ1) is 11.7. The summed E-state index contributed by atoms with van der Waals surface area (Å²) in [5.74, 6) is 0. The third-order valence-electron chi connectivity index (χ3n) is 2.67. The van der Waals surface area contributed by atoms with Crippen LogP contribution < -0.4 is 5.32 Å². The van der Waals surface area contributed by atoms with Crippen LogP contribution in [0.25, 0.3) is 0 Å². The highest BCUT2D eigenvalue weighted by molar-refractivity contribution is 5.00. The number of ether oxygens (including phenoxy) is 1. The summed E-state index contributed by atoms with van der Waals surface area (Å²) >= 11 is 0. The Morgan fingerprint density at radius 1 is 1.64 bits per heavy atom. The highest BCUT2D eigenvalue weighted by Gasteiger charge is 2.21. The van der Waals surface area contributed by atoms with E-state index in [0.717, 1.165) is 39.3 Å². The number of likely N-dealkylation sites (N-methyl/N-ethyl adjacent to an activating group) is 1. The molecule has 1 N–H and O–H groups in total. The first-order valence-electron chi connectivity index (χ1n) is 5.41. The molecule has 0 aromatic rings. The molecule has 0 aromatic heterocycles. The molecule has 0 saturated carbocycles. The van der Waals surface area contributed by atoms with Crippen molar-refractivity contribution in [3.05, 3.63) is 12.2 Å². The van der Waals surface area contributed by atoms with Gasteiger partial charge < -0.3 is 10.1 Å². The van der Waals surface area contributed by atoms with E-state index in [1.165, 1.54) is 5.57 Å². The van der Waals surface area contributed by atoms with Gasteiger partial charge in [-0.3, -0.25) is 4.90 Å². The van der Waals surface area contributed by atoms with E-state index in [-0.39, 0.29) is 0 Å². The lowest BCUT2D eigenvalue weighted by molar-refractivity contribution is -0.00407. The second kappa shape index (κ2) is 6.17. The molecule has 1 unspecified atom stereocenters. The minimum absolute atomic E-state index is 0.581. The molecule has 1 fully saturated rings. The summed E-state index contributed by atoms with van der Waals surface area (Å²) in [5, 5.41) is 3.13. The van der Waals surface area contributed by atoms with E-state index in [4.69, 9.17) is 4.74 Å². The maximum absolute atomic E-state index is 5.46. The van der Waals surface area contributed by atoms with Crippen molar-refractivity contribution in [3.63, 3.8) is 0 Å². The van der Waals surface area contributed by atoms with Crippen molar-refractivity contribution in [3.8, 4) is 0 Å². The molecular weight excluding hydrogens is 176 g/mol. The van der Waals surface area contributed by atoms with E-state index in [0.29, 0.717) is 6.04 Å². The summed E-state index contributed by atoms with van der Waals surface area (Å²) in [6.07, 6.45) is 1.16. The Labute approximate surface area is 87.1 Å². The van der Waals surface area contributed by atoms with Crippen molar-refractivity contribution in [1.82, 2.24) is 10.2 Å². The quantitative estimate of drug-likeness (QED) is 0.664. The van der Waals surface area contributed by atoms with Crippen LogP contribution >= 0.6 is 0 Å². The van der Waals surface area contributed by atoms with Crippen LogP contribution in [-0.4, -0.2) is 50.8 Å². The van der Waals surface area contributed by atoms with Gasteiger partial charge in [0.05, 0.1) is 13.2 Å². The van der Waals surface area contributed by atoms with Crippen LogP contribution in [-0.2, 0) is 4.74 Å². The number of nitrogens with one attached hydrogen (secondary N) is 1. The van der Waals surface area contributed by atoms with Crippen LogP contribution in [0.15, 0.2) is 12.2 Å². The zero-order valence-electron chi connectivity index (χ0n) is 9.38. The minimum Gasteiger partial charge on any atom is -0.378 e. The summed E-state index contributed by atoms with van der Waals surface area (Å²) < 4.78 is 5.46. The van der Waals surface area contributed by atoms with Gasteiger partial charge in [0.2, 0.25) is 0 Å². The van der Waals surface area contributed by atoms with Crippen molar-refractivity contribution in [2.75, 3.05) is 39.9 Å². The second-order valence-electron chi connectivity index (χ2n) is 3.89. The van der Waals surface area contributed by atoms with E-state index in [2.05, 4.69) is 23.7 Å². The van der Waals surface area contributed by atoms with Crippen LogP contribution in [0.3, 0.4) is 0 Å². The van der Waals surface area contributed by atoms with Gasteiger partial charge in [-0.25, -0.2) is 0 Å². The molecule has 82 valence electrons. The van der Waals surface area contributed by atoms with Crippen LogP contribution in [0.1, 0.15) is 13.3 Å². The maximum atomic E-state index is 5.46. The second-order valence-corrected chi connectivity index (χ2v) is 3.89. The summed E-state index contributed by atoms with van der Waals surface area (Å²) in [6, 6.07) is 0.581. The number of nitrogens with zero attached hydrogens (tertiary/aromatic N) is 1. The Balaban J connectivity index is 2.36. The molecule has 0 aromatic carbocycles. The fourth-order valence-corrected chi connectivity index (χ4v) is 1.87. The fourth-order valence-electron chi connectivity index (χ4n) is 1.87. The standard InChI is InChI=1S/C11H22N2O/c1-4-11-9-14-6-5-13(11)8-10(2)7-12-3/h11-12H,2,4-9H2,1,3H3. The van der Waals surface area contributed by atoms with E-state index in [1.54, 1.807) is 0 Å². The lowest BCUT2D eigenvalue weighted by Crippen LogP contribution is -2.46. The van der Waals surface area contributed by atoms with Gasteiger partial charge in [0.25, 0.3) is 0 Å². The van der Waals surface area contributed by atoms with Crippen LogP contribution in [0.2, 0.25) is 0 Å². The summed E-state index contributed by atoms with van der Waals surface area (Å²) in [7, 11) is 1.96. The Hall–Kier alpha value is -0.380. The fraction of sp³-hybridized carbons (Fsp3) is 0.818. The van der Waals surface area contributed by atoms with Gasteiger partial charge in [-0.05, 0) is 19.0 Å². The molecule has 0 amide bonds. The average Bonchev–Trinajstić information content (AvgIpc) is 2.19. The first-order valence-corrected chi connectivity index (χ1v) is 5.41. The Morgan fingerprint density at radius 3 is 3.07 bits per heavy atom. The average molecular weight is 198 g/mol. The zero-order valence-corrected chi connectivity index (χ0v) is 9.38. The highest BCUT2D eigenvalue weighted by atomic mass is 16.5. The molecule has 1 atom stereocenters. The first-order chi connectivity index (χ1) is 6.77. The SMILES string of the molecule is C=C(CNC)CN1CCOCC1CC. The van der Waals surface area contributed by atoms with E-state index >= 15 is 0 Å². The Bertz CT molecular complexity index is 182. The number of morpholine rings is 1. The number of hydrogen-bond acceptors (Lipinski definition) is 3. The van der Waals surface area contributed by atoms with Crippen molar-refractivity contribution in [1.29, 1.82) is 0 Å². The molecule has 0 bridgehead atoms. The van der Waals surface area contributed by atoms with Gasteiger partial charge in [-0.2, -0.15) is 0 Å². The molecule has 14 heavy (non-hydrogen) atoms. The molecular formula is C11H22N2O. The normalized spacial score (nSPS) is 23.7. The molecule has 0 aliphatic carbocycles. The molecule has 1 aliphatic heterocycles. The third-order valence-corrected chi connectivity index (χ3v) is 2.67. The van der Waals surface area contributed by atoms with Gasteiger partial charge >= 0.3 is 0 Å². The van der Waals surface area contributed by atoms with Gasteiger partial charge in [0.15, 0.2) is 0 Å². The van der Waals surface area contributed by atoms with Crippen LogP contribution in [0.4, 0.5) is 0 Å². The molecule has 0 spiro atoms. The Morgan fingerprint density at radius 2 is 2.43 bits per heavy atom. The largest absolute Gasteiger partial charge is 0.378 e. The molecule has 1 heterocycles. The topological polar surface area (TPSA) is 24.5 Å². The molecule has 1 saturated heterocycles. The molecule has 1 rings (SSSR count). The molecule has 3 heteroatoms. The third kappa shape index (κ3) is 3.40. The summed E-state index contributed by atoms with van der Waals surface area (Å²) in [6.45, 7) is 11.0. The predicted molar refractivity (Wildman–Crippen MR) is 59.5 cm³/mol. The van der Waals surface area contributed by atoms with Crippen LogP contribution in [0, 0.1) is 0 Å². The Kier molecular flexibility index (Phi) is 5.15. The van der Waals surface area contributed by atoms with Gasteiger partial charge in [0, 0.05) is 25.7 Å². The van der Waals surface area contributed by atoms with E-state index in [9.17, 15) is 0 Å². The lowest BCUT2D eigenvalue weighted by atomic mass is 10.1. The zero-order chi connectivity index (χ0) is 10.4. The van der Waals surface area contributed by atoms with Crippen molar-refractivity contribution in [2.45, 2.75) is 19.4 Å². The van der Waals surface area contributed by atoms with E-state index in [1.807, 2.05) is 7.05 Å². The lowest BCUT2D eigenvalue weighted by Gasteiger charge is -2.35. The molecule has 1 aliphatic rings. The van der Waals surface area contributed by atoms with Crippen molar-refractivity contribution in [2.24, 2.45) is 0 Å². The van der Waals surface area contributed by atoms with Crippen molar-refractivity contribution < 1.29 is 4.74 Å². The summed E-state index contributed by atoms with van der Waals surface area (Å²) in [4.78, 5) is 2.48. The minimum atomic E-state index is 0.581. The summed E-state index contributed by atoms with van der Waals surface area (Å²) in [5.41, 5.74) is 1.26.